The fourth-order valence-corrected chi connectivity index (χ4v) is 3.39. The average molecular weight is 313 g/mol. The highest BCUT2D eigenvalue weighted by Gasteiger charge is 2.31. The van der Waals surface area contributed by atoms with Gasteiger partial charge in [-0.25, -0.2) is 0 Å². The summed E-state index contributed by atoms with van der Waals surface area (Å²) < 4.78 is 16.5. The van der Waals surface area contributed by atoms with Crippen molar-refractivity contribution < 1.29 is 14.2 Å². The second-order valence-corrected chi connectivity index (χ2v) is 5.87. The summed E-state index contributed by atoms with van der Waals surface area (Å²) in [4.78, 5) is 0. The number of fused-ring (bicyclic) bond motifs is 1. The monoisotopic (exact) mass is 313 g/mol. The molecule has 0 aromatic heterocycles. The Bertz CT molecular complexity index is 699. The first-order valence-electron chi connectivity index (χ1n) is 7.82. The van der Waals surface area contributed by atoms with Gasteiger partial charge in [0, 0.05) is 29.8 Å². The van der Waals surface area contributed by atoms with Crippen molar-refractivity contribution in [1.29, 1.82) is 0 Å². The summed E-state index contributed by atoms with van der Waals surface area (Å²) in [7, 11) is 5.00. The number of benzene rings is 2. The molecular weight excluding hydrogens is 290 g/mol. The topological polar surface area (TPSA) is 39.7 Å². The van der Waals surface area contributed by atoms with Crippen LogP contribution in [0.3, 0.4) is 0 Å². The molecule has 1 aliphatic heterocycles. The lowest BCUT2D eigenvalue weighted by atomic mass is 9.78. The Balaban J connectivity index is 2.17. The maximum atomic E-state index is 5.65. The minimum absolute atomic E-state index is 0.252. The zero-order valence-electron chi connectivity index (χ0n) is 14.1. The van der Waals surface area contributed by atoms with Gasteiger partial charge >= 0.3 is 0 Å². The van der Waals surface area contributed by atoms with E-state index in [2.05, 4.69) is 36.5 Å². The van der Waals surface area contributed by atoms with E-state index < -0.39 is 0 Å². The van der Waals surface area contributed by atoms with Gasteiger partial charge in [0.1, 0.15) is 5.75 Å². The van der Waals surface area contributed by atoms with E-state index >= 15 is 0 Å². The van der Waals surface area contributed by atoms with Crippen molar-refractivity contribution in [2.24, 2.45) is 5.92 Å². The van der Waals surface area contributed by atoms with E-state index in [4.69, 9.17) is 14.2 Å². The molecule has 2 aromatic rings. The number of ether oxygens (including phenoxy) is 3. The van der Waals surface area contributed by atoms with E-state index in [9.17, 15) is 0 Å². The molecule has 2 unspecified atom stereocenters. The third-order valence-electron chi connectivity index (χ3n) is 4.55. The van der Waals surface area contributed by atoms with Crippen molar-refractivity contribution >= 4 is 5.69 Å². The molecule has 0 aliphatic carbocycles. The predicted octanol–water partition coefficient (Wildman–Crippen LogP) is 3.91. The molecule has 4 nitrogen and oxygen atoms in total. The summed E-state index contributed by atoms with van der Waals surface area (Å²) in [6.45, 7) is 3.18. The van der Waals surface area contributed by atoms with Gasteiger partial charge in [0.15, 0.2) is 11.5 Å². The molecular formula is C19H23NO3. The summed E-state index contributed by atoms with van der Waals surface area (Å²) in [6, 6.07) is 12.4. The molecule has 1 heterocycles. The second kappa shape index (κ2) is 6.41. The zero-order chi connectivity index (χ0) is 16.4. The second-order valence-electron chi connectivity index (χ2n) is 5.87. The Kier molecular flexibility index (Phi) is 4.33. The van der Waals surface area contributed by atoms with Crippen LogP contribution in [-0.2, 0) is 0 Å². The Hall–Kier alpha value is -2.36. The van der Waals surface area contributed by atoms with E-state index in [1.54, 1.807) is 21.3 Å². The van der Waals surface area contributed by atoms with Gasteiger partial charge in [-0.15, -0.1) is 0 Å². The number of rotatable bonds is 4. The minimum atomic E-state index is 0.252. The van der Waals surface area contributed by atoms with Gasteiger partial charge in [0.2, 0.25) is 0 Å². The van der Waals surface area contributed by atoms with Crippen LogP contribution in [-0.4, -0.2) is 27.9 Å². The quantitative estimate of drug-likeness (QED) is 0.929. The van der Waals surface area contributed by atoms with Gasteiger partial charge in [0.05, 0.1) is 21.3 Å². The average Bonchev–Trinajstić information content (AvgIpc) is 2.60. The van der Waals surface area contributed by atoms with Crippen LogP contribution in [0.5, 0.6) is 17.2 Å². The first-order valence-corrected chi connectivity index (χ1v) is 7.82. The van der Waals surface area contributed by atoms with Gasteiger partial charge in [-0.05, 0) is 23.6 Å². The number of nitrogens with one attached hydrogen (secondary N) is 1. The van der Waals surface area contributed by atoms with Crippen LogP contribution in [0.1, 0.15) is 24.0 Å². The lowest BCUT2D eigenvalue weighted by Crippen LogP contribution is -2.26. The number of para-hydroxylation sites is 1. The standard InChI is InChI=1S/C19H23NO3/c1-12-11-20-15-8-6-5-7-13(15)19(12)14-9-17(22-3)18(23-4)10-16(14)21-2/h5-10,12,19-20H,11H2,1-4H3. The van der Waals surface area contributed by atoms with Crippen LogP contribution >= 0.6 is 0 Å². The smallest absolute Gasteiger partial charge is 0.164 e. The van der Waals surface area contributed by atoms with Gasteiger partial charge in [0.25, 0.3) is 0 Å². The van der Waals surface area contributed by atoms with Gasteiger partial charge in [-0.1, -0.05) is 25.1 Å². The highest BCUT2D eigenvalue weighted by atomic mass is 16.5. The maximum absolute atomic E-state index is 5.65. The lowest BCUT2D eigenvalue weighted by molar-refractivity contribution is 0.345. The third kappa shape index (κ3) is 2.69. The maximum Gasteiger partial charge on any atom is 0.164 e. The SMILES string of the molecule is COc1cc(OC)c(C2c3ccccc3NCC2C)cc1OC. The molecule has 23 heavy (non-hydrogen) atoms. The van der Waals surface area contributed by atoms with Crippen LogP contribution in [0.2, 0.25) is 0 Å². The molecule has 4 heteroatoms. The molecule has 3 rings (SSSR count). The summed E-state index contributed by atoms with van der Waals surface area (Å²) >= 11 is 0. The van der Waals surface area contributed by atoms with Crippen molar-refractivity contribution in [3.05, 3.63) is 47.5 Å². The Labute approximate surface area is 137 Å². The van der Waals surface area contributed by atoms with E-state index in [1.165, 1.54) is 11.3 Å². The van der Waals surface area contributed by atoms with Crippen molar-refractivity contribution in [3.8, 4) is 17.2 Å². The van der Waals surface area contributed by atoms with E-state index in [0.717, 1.165) is 23.6 Å². The number of anilines is 1. The third-order valence-corrected chi connectivity index (χ3v) is 4.55. The highest BCUT2D eigenvalue weighted by Crippen LogP contribution is 2.46. The molecule has 1 aliphatic rings. The molecule has 122 valence electrons. The van der Waals surface area contributed by atoms with E-state index in [-0.39, 0.29) is 5.92 Å². The van der Waals surface area contributed by atoms with Gasteiger partial charge < -0.3 is 19.5 Å². The Morgan fingerprint density at radius 1 is 0.870 bits per heavy atom. The first-order chi connectivity index (χ1) is 11.2. The molecule has 0 spiro atoms. The molecule has 0 saturated carbocycles. The van der Waals surface area contributed by atoms with Crippen molar-refractivity contribution in [1.82, 2.24) is 0 Å². The van der Waals surface area contributed by atoms with Crippen LogP contribution in [0.25, 0.3) is 0 Å². The van der Waals surface area contributed by atoms with E-state index in [1.807, 2.05) is 12.1 Å². The normalized spacial score (nSPS) is 19.5. The van der Waals surface area contributed by atoms with Crippen LogP contribution in [0.4, 0.5) is 5.69 Å². The molecule has 2 aromatic carbocycles. The lowest BCUT2D eigenvalue weighted by Gasteiger charge is -2.33. The van der Waals surface area contributed by atoms with Crippen LogP contribution < -0.4 is 19.5 Å². The molecule has 0 bridgehead atoms. The summed E-state index contributed by atoms with van der Waals surface area (Å²) in [5.41, 5.74) is 3.61. The van der Waals surface area contributed by atoms with Gasteiger partial charge in [-0.3, -0.25) is 0 Å². The zero-order valence-corrected chi connectivity index (χ0v) is 14.1. The van der Waals surface area contributed by atoms with Crippen molar-refractivity contribution in [2.45, 2.75) is 12.8 Å². The summed E-state index contributed by atoms with van der Waals surface area (Å²) in [5.74, 6) is 2.93. The van der Waals surface area contributed by atoms with E-state index in [0.29, 0.717) is 11.7 Å². The molecule has 0 saturated heterocycles. The minimum Gasteiger partial charge on any atom is -0.496 e. The van der Waals surface area contributed by atoms with Crippen LogP contribution in [0, 0.1) is 5.92 Å². The number of methoxy groups -OCH3 is 3. The molecule has 2 atom stereocenters. The fraction of sp³-hybridized carbons (Fsp3) is 0.368. The predicted molar refractivity (Wildman–Crippen MR) is 92.0 cm³/mol. The largest absolute Gasteiger partial charge is 0.496 e. The fourth-order valence-electron chi connectivity index (χ4n) is 3.39. The number of hydrogen-bond donors (Lipinski definition) is 1. The highest BCUT2D eigenvalue weighted by molar-refractivity contribution is 5.61. The number of hydrogen-bond acceptors (Lipinski definition) is 4. The van der Waals surface area contributed by atoms with Crippen molar-refractivity contribution in [3.63, 3.8) is 0 Å². The van der Waals surface area contributed by atoms with Crippen LogP contribution in [0.15, 0.2) is 36.4 Å². The summed E-state index contributed by atoms with van der Waals surface area (Å²) in [6.07, 6.45) is 0. The molecule has 0 radical (unpaired) electrons. The Morgan fingerprint density at radius 2 is 1.52 bits per heavy atom. The Morgan fingerprint density at radius 3 is 2.22 bits per heavy atom. The molecule has 1 N–H and O–H groups in total. The summed E-state index contributed by atoms with van der Waals surface area (Å²) in [5, 5.41) is 3.50. The van der Waals surface area contributed by atoms with Crippen molar-refractivity contribution in [2.75, 3.05) is 33.2 Å². The molecule has 0 amide bonds. The van der Waals surface area contributed by atoms with Gasteiger partial charge in [-0.2, -0.15) is 0 Å². The first kappa shape index (κ1) is 15.5. The molecule has 0 fully saturated rings.